The fourth-order valence-corrected chi connectivity index (χ4v) is 4.53. The van der Waals surface area contributed by atoms with Gasteiger partial charge in [0.15, 0.2) is 5.25 Å². The number of benzene rings is 1. The van der Waals surface area contributed by atoms with Crippen molar-refractivity contribution in [3.8, 4) is 0 Å². The summed E-state index contributed by atoms with van der Waals surface area (Å²) in [5.74, 6) is -0.819. The minimum atomic E-state index is -3.77. The lowest BCUT2D eigenvalue weighted by molar-refractivity contribution is -0.140. The fourth-order valence-electron chi connectivity index (χ4n) is 2.87. The normalized spacial score (nSPS) is 16.4. The second-order valence-electron chi connectivity index (χ2n) is 5.98. The number of ether oxygens (including phenoxy) is 1. The number of sulfonamides is 1. The Morgan fingerprint density at radius 3 is 2.83 bits per heavy atom. The number of carbonyl (C=O) groups is 1. The first kappa shape index (κ1) is 16.0. The minimum absolute atomic E-state index is 0.134. The molecule has 0 spiro atoms. The smallest absolute Gasteiger partial charge is 0.325 e. The largest absolute Gasteiger partial charge is 0.468 e. The number of hydrogen-bond donors (Lipinski definition) is 2. The number of aromatic nitrogens is 1. The summed E-state index contributed by atoms with van der Waals surface area (Å²) in [7, 11) is -2.55. The van der Waals surface area contributed by atoms with Gasteiger partial charge in [0.05, 0.1) is 7.11 Å². The topological polar surface area (TPSA) is 88.3 Å². The number of H-pyrrole nitrogens is 1. The maximum Gasteiger partial charge on any atom is 0.325 e. The lowest BCUT2D eigenvalue weighted by atomic mass is 10.1. The van der Waals surface area contributed by atoms with E-state index >= 15 is 0 Å². The third-order valence-corrected chi connectivity index (χ3v) is 5.96. The maximum absolute atomic E-state index is 12.5. The highest BCUT2D eigenvalue weighted by Crippen LogP contribution is 2.36. The molecule has 7 heteroatoms. The SMILES string of the molecule is COC(=O)C(C1CC1)S(=O)(=O)NCc1cccc2[nH]c(C)cc12. The summed E-state index contributed by atoms with van der Waals surface area (Å²) >= 11 is 0. The second kappa shape index (κ2) is 5.98. The van der Waals surface area contributed by atoms with Crippen molar-refractivity contribution in [2.45, 2.75) is 31.6 Å². The number of esters is 1. The molecule has 2 aromatic rings. The standard InChI is InChI=1S/C16H20N2O4S/c1-10-8-13-12(4-3-5-14(13)18-10)9-17-23(20,21)15(11-6-7-11)16(19)22-2/h3-5,8,11,15,17-18H,6-7,9H2,1-2H3. The Labute approximate surface area is 135 Å². The summed E-state index contributed by atoms with van der Waals surface area (Å²) in [6, 6.07) is 7.68. The van der Waals surface area contributed by atoms with Crippen LogP contribution in [0.2, 0.25) is 0 Å². The van der Waals surface area contributed by atoms with Crippen LogP contribution in [0, 0.1) is 12.8 Å². The van der Waals surface area contributed by atoms with Crippen molar-refractivity contribution in [1.82, 2.24) is 9.71 Å². The van der Waals surface area contributed by atoms with Crippen LogP contribution in [0.5, 0.6) is 0 Å². The molecule has 0 bridgehead atoms. The predicted molar refractivity (Wildman–Crippen MR) is 87.3 cm³/mol. The van der Waals surface area contributed by atoms with Crippen LogP contribution in [0.3, 0.4) is 0 Å². The Morgan fingerprint density at radius 1 is 1.43 bits per heavy atom. The quantitative estimate of drug-likeness (QED) is 0.788. The van der Waals surface area contributed by atoms with Gasteiger partial charge in [-0.2, -0.15) is 0 Å². The Morgan fingerprint density at radius 2 is 2.17 bits per heavy atom. The van der Waals surface area contributed by atoms with Gasteiger partial charge in [-0.25, -0.2) is 13.1 Å². The van der Waals surface area contributed by atoms with Crippen LogP contribution >= 0.6 is 0 Å². The van der Waals surface area contributed by atoms with Crippen LogP contribution in [0.15, 0.2) is 24.3 Å². The fraction of sp³-hybridized carbons (Fsp3) is 0.438. The summed E-state index contributed by atoms with van der Waals surface area (Å²) in [6.07, 6.45) is 1.49. The van der Waals surface area contributed by atoms with E-state index < -0.39 is 21.2 Å². The number of rotatable bonds is 6. The molecule has 2 N–H and O–H groups in total. The van der Waals surface area contributed by atoms with Crippen LogP contribution in [-0.2, 0) is 26.1 Å². The third-order valence-electron chi connectivity index (χ3n) is 4.17. The second-order valence-corrected chi connectivity index (χ2v) is 7.86. The van der Waals surface area contributed by atoms with Crippen LogP contribution in [-0.4, -0.2) is 31.7 Å². The van der Waals surface area contributed by atoms with E-state index in [9.17, 15) is 13.2 Å². The number of methoxy groups -OCH3 is 1. The summed E-state index contributed by atoms with van der Waals surface area (Å²) in [4.78, 5) is 15.0. The van der Waals surface area contributed by atoms with Crippen molar-refractivity contribution in [3.05, 3.63) is 35.5 Å². The van der Waals surface area contributed by atoms with Crippen molar-refractivity contribution in [2.75, 3.05) is 7.11 Å². The third kappa shape index (κ3) is 3.25. The molecule has 1 fully saturated rings. The molecule has 1 saturated carbocycles. The van der Waals surface area contributed by atoms with E-state index in [0.717, 1.165) is 35.0 Å². The molecule has 1 atom stereocenters. The summed E-state index contributed by atoms with van der Waals surface area (Å²) < 4.78 is 32.2. The first-order chi connectivity index (χ1) is 10.9. The van der Waals surface area contributed by atoms with Crippen LogP contribution in [0.25, 0.3) is 10.9 Å². The number of aryl methyl sites for hydroxylation is 1. The first-order valence-electron chi connectivity index (χ1n) is 7.56. The van der Waals surface area contributed by atoms with Gasteiger partial charge in [-0.3, -0.25) is 4.79 Å². The highest BCUT2D eigenvalue weighted by atomic mass is 32.2. The molecule has 1 aromatic heterocycles. The van der Waals surface area contributed by atoms with Gasteiger partial charge in [-0.05, 0) is 43.4 Å². The van der Waals surface area contributed by atoms with E-state index in [0.29, 0.717) is 0 Å². The molecular weight excluding hydrogens is 316 g/mol. The summed E-state index contributed by atoms with van der Waals surface area (Å²) in [5.41, 5.74) is 2.85. The summed E-state index contributed by atoms with van der Waals surface area (Å²) in [6.45, 7) is 2.10. The van der Waals surface area contributed by atoms with E-state index in [1.165, 1.54) is 7.11 Å². The lowest BCUT2D eigenvalue weighted by Crippen LogP contribution is -2.41. The highest BCUT2D eigenvalue weighted by molar-refractivity contribution is 7.90. The van der Waals surface area contributed by atoms with Gasteiger partial charge in [0, 0.05) is 23.1 Å². The predicted octanol–water partition coefficient (Wildman–Crippen LogP) is 1.85. The van der Waals surface area contributed by atoms with Crippen LogP contribution in [0.1, 0.15) is 24.1 Å². The Balaban J connectivity index is 1.81. The highest BCUT2D eigenvalue weighted by Gasteiger charge is 2.45. The molecule has 0 saturated heterocycles. The lowest BCUT2D eigenvalue weighted by Gasteiger charge is -2.15. The molecule has 23 heavy (non-hydrogen) atoms. The van der Waals surface area contributed by atoms with Crippen molar-refractivity contribution >= 4 is 26.9 Å². The molecular formula is C16H20N2O4S. The van der Waals surface area contributed by atoms with E-state index in [1.54, 1.807) is 0 Å². The van der Waals surface area contributed by atoms with Crippen molar-refractivity contribution in [3.63, 3.8) is 0 Å². The first-order valence-corrected chi connectivity index (χ1v) is 9.10. The van der Waals surface area contributed by atoms with Crippen LogP contribution < -0.4 is 4.72 Å². The molecule has 1 aromatic carbocycles. The summed E-state index contributed by atoms with van der Waals surface area (Å²) in [5, 5.41) is -0.131. The average Bonchev–Trinajstić information content (AvgIpc) is 3.24. The molecule has 1 heterocycles. The average molecular weight is 336 g/mol. The number of carbonyl (C=O) groups excluding carboxylic acids is 1. The number of hydrogen-bond acceptors (Lipinski definition) is 4. The van der Waals surface area contributed by atoms with Gasteiger partial charge in [0.2, 0.25) is 10.0 Å². The van der Waals surface area contributed by atoms with Gasteiger partial charge < -0.3 is 9.72 Å². The minimum Gasteiger partial charge on any atom is -0.468 e. The van der Waals surface area contributed by atoms with Gasteiger partial charge in [-0.15, -0.1) is 0 Å². The molecule has 3 rings (SSSR count). The van der Waals surface area contributed by atoms with Gasteiger partial charge in [0.25, 0.3) is 0 Å². The van der Waals surface area contributed by atoms with Crippen molar-refractivity contribution in [1.29, 1.82) is 0 Å². The monoisotopic (exact) mass is 336 g/mol. The molecule has 0 amide bonds. The van der Waals surface area contributed by atoms with Crippen molar-refractivity contribution < 1.29 is 17.9 Å². The number of fused-ring (bicyclic) bond motifs is 1. The zero-order valence-electron chi connectivity index (χ0n) is 13.1. The number of aromatic amines is 1. The molecule has 1 aliphatic carbocycles. The number of nitrogens with one attached hydrogen (secondary N) is 2. The maximum atomic E-state index is 12.5. The molecule has 1 unspecified atom stereocenters. The van der Waals surface area contributed by atoms with Crippen molar-refractivity contribution in [2.24, 2.45) is 5.92 Å². The van der Waals surface area contributed by atoms with Gasteiger partial charge in [-0.1, -0.05) is 12.1 Å². The van der Waals surface area contributed by atoms with Gasteiger partial charge in [0.1, 0.15) is 0 Å². The van der Waals surface area contributed by atoms with E-state index in [2.05, 4.69) is 14.4 Å². The van der Waals surface area contributed by atoms with E-state index in [4.69, 9.17) is 0 Å². The van der Waals surface area contributed by atoms with Crippen LogP contribution in [0.4, 0.5) is 0 Å². The van der Waals surface area contributed by atoms with Gasteiger partial charge >= 0.3 is 5.97 Å². The molecule has 124 valence electrons. The Bertz CT molecular complexity index is 837. The van der Waals surface area contributed by atoms with E-state index in [1.807, 2.05) is 31.2 Å². The zero-order valence-corrected chi connectivity index (χ0v) is 13.9. The van der Waals surface area contributed by atoms with E-state index in [-0.39, 0.29) is 12.5 Å². The Kier molecular flexibility index (Phi) is 4.16. The molecule has 1 aliphatic rings. The molecule has 0 radical (unpaired) electrons. The Hall–Kier alpha value is -1.86. The molecule has 0 aliphatic heterocycles. The zero-order chi connectivity index (χ0) is 16.6. The molecule has 6 nitrogen and oxygen atoms in total.